The molecule has 0 aliphatic rings. The first kappa shape index (κ1) is 12.9. The van der Waals surface area contributed by atoms with Crippen molar-refractivity contribution >= 4 is 32.8 Å². The molecule has 1 aromatic carbocycles. The van der Waals surface area contributed by atoms with Gasteiger partial charge in [0.2, 0.25) is 0 Å². The predicted molar refractivity (Wildman–Crippen MR) is 76.2 cm³/mol. The maximum absolute atomic E-state index is 12.1. The summed E-state index contributed by atoms with van der Waals surface area (Å²) in [4.78, 5) is 16.1. The lowest BCUT2D eigenvalue weighted by atomic mass is 10.1. The van der Waals surface area contributed by atoms with Crippen LogP contribution in [0.25, 0.3) is 11.0 Å². The molecule has 0 aliphatic carbocycles. The summed E-state index contributed by atoms with van der Waals surface area (Å²) in [7, 11) is 0. The molecule has 0 atom stereocenters. The number of carbonyl (C=O) groups excluding carboxylic acids is 1. The van der Waals surface area contributed by atoms with Gasteiger partial charge in [0.1, 0.15) is 17.7 Å². The largest absolute Gasteiger partial charge is 0.451 e. The van der Waals surface area contributed by atoms with Crippen molar-refractivity contribution in [2.45, 2.75) is 13.5 Å². The van der Waals surface area contributed by atoms with Gasteiger partial charge in [-0.3, -0.25) is 9.89 Å². The lowest BCUT2D eigenvalue weighted by Gasteiger charge is -2.00. The van der Waals surface area contributed by atoms with Crippen LogP contribution in [-0.2, 0) is 6.54 Å². The Kier molecular flexibility index (Phi) is 3.27. The number of aromatic nitrogens is 3. The smallest absolute Gasteiger partial charge is 0.287 e. The van der Waals surface area contributed by atoms with Crippen LogP contribution in [0.5, 0.6) is 0 Å². The van der Waals surface area contributed by atoms with Crippen LogP contribution in [0.3, 0.4) is 0 Å². The maximum Gasteiger partial charge on any atom is 0.287 e. The number of amides is 1. The van der Waals surface area contributed by atoms with Gasteiger partial charge in [-0.25, -0.2) is 4.98 Å². The minimum Gasteiger partial charge on any atom is -0.451 e. The molecule has 3 aromatic rings. The van der Waals surface area contributed by atoms with Crippen molar-refractivity contribution < 1.29 is 9.21 Å². The van der Waals surface area contributed by atoms with E-state index >= 15 is 0 Å². The van der Waals surface area contributed by atoms with Crippen LogP contribution in [0.4, 0.5) is 0 Å². The lowest BCUT2D eigenvalue weighted by Crippen LogP contribution is -2.23. The highest BCUT2D eigenvalue weighted by Gasteiger charge is 2.17. The zero-order chi connectivity index (χ0) is 14.1. The molecule has 1 amide bonds. The molecule has 3 rings (SSSR count). The summed E-state index contributed by atoms with van der Waals surface area (Å²) in [6.45, 7) is 2.14. The van der Waals surface area contributed by atoms with Crippen LogP contribution >= 0.6 is 15.9 Å². The lowest BCUT2D eigenvalue weighted by molar-refractivity contribution is 0.0923. The second-order valence-corrected chi connectivity index (χ2v) is 5.23. The molecule has 0 aliphatic heterocycles. The molecule has 20 heavy (non-hydrogen) atoms. The number of aryl methyl sites for hydroxylation is 1. The minimum absolute atomic E-state index is 0.272. The zero-order valence-corrected chi connectivity index (χ0v) is 12.2. The van der Waals surface area contributed by atoms with Crippen LogP contribution in [0, 0.1) is 6.92 Å². The Hall–Kier alpha value is -2.15. The Morgan fingerprint density at radius 2 is 2.35 bits per heavy atom. The van der Waals surface area contributed by atoms with Gasteiger partial charge in [-0.15, -0.1) is 0 Å². The quantitative estimate of drug-likeness (QED) is 0.770. The Morgan fingerprint density at radius 1 is 1.50 bits per heavy atom. The van der Waals surface area contributed by atoms with Gasteiger partial charge in [-0.1, -0.05) is 15.9 Å². The van der Waals surface area contributed by atoms with Crippen LogP contribution in [0.1, 0.15) is 21.9 Å². The Balaban J connectivity index is 1.86. The topological polar surface area (TPSA) is 83.8 Å². The molecule has 0 bridgehead atoms. The van der Waals surface area contributed by atoms with E-state index in [9.17, 15) is 4.79 Å². The number of aromatic amines is 1. The average molecular weight is 335 g/mol. The fourth-order valence-electron chi connectivity index (χ4n) is 1.97. The van der Waals surface area contributed by atoms with Crippen molar-refractivity contribution in [3.63, 3.8) is 0 Å². The van der Waals surface area contributed by atoms with E-state index in [1.807, 2.05) is 25.1 Å². The molecule has 0 radical (unpaired) electrons. The van der Waals surface area contributed by atoms with Crippen LogP contribution in [-0.4, -0.2) is 21.1 Å². The third-order valence-electron chi connectivity index (χ3n) is 2.99. The first-order valence-electron chi connectivity index (χ1n) is 5.96. The number of carbonyl (C=O) groups is 1. The second-order valence-electron chi connectivity index (χ2n) is 4.31. The van der Waals surface area contributed by atoms with Crippen molar-refractivity contribution in [1.29, 1.82) is 0 Å². The third-order valence-corrected chi connectivity index (χ3v) is 3.48. The van der Waals surface area contributed by atoms with E-state index in [-0.39, 0.29) is 12.5 Å². The van der Waals surface area contributed by atoms with Gasteiger partial charge in [0, 0.05) is 15.4 Å². The van der Waals surface area contributed by atoms with Crippen LogP contribution in [0.15, 0.2) is 33.4 Å². The number of halogens is 1. The summed E-state index contributed by atoms with van der Waals surface area (Å²) in [5.74, 6) is 0.638. The van der Waals surface area contributed by atoms with Crippen molar-refractivity contribution in [3.8, 4) is 0 Å². The van der Waals surface area contributed by atoms with Crippen molar-refractivity contribution in [2.24, 2.45) is 0 Å². The summed E-state index contributed by atoms with van der Waals surface area (Å²) in [5.41, 5.74) is 1.51. The van der Waals surface area contributed by atoms with E-state index in [1.165, 1.54) is 6.33 Å². The minimum atomic E-state index is -0.272. The number of hydrogen-bond donors (Lipinski definition) is 2. The van der Waals surface area contributed by atoms with Gasteiger partial charge in [0.05, 0.1) is 6.54 Å². The van der Waals surface area contributed by atoms with Gasteiger partial charge in [0.25, 0.3) is 5.91 Å². The Labute approximate surface area is 122 Å². The molecule has 2 heterocycles. The van der Waals surface area contributed by atoms with E-state index in [1.54, 1.807) is 0 Å². The summed E-state index contributed by atoms with van der Waals surface area (Å²) in [6.07, 6.45) is 1.39. The number of H-pyrrole nitrogens is 1. The Morgan fingerprint density at radius 3 is 3.10 bits per heavy atom. The molecule has 0 spiro atoms. The first-order chi connectivity index (χ1) is 9.65. The highest BCUT2D eigenvalue weighted by molar-refractivity contribution is 9.10. The maximum atomic E-state index is 12.1. The Bertz CT molecular complexity index is 764. The molecule has 6 nitrogen and oxygen atoms in total. The van der Waals surface area contributed by atoms with E-state index in [4.69, 9.17) is 4.42 Å². The second kappa shape index (κ2) is 5.09. The molecule has 2 N–H and O–H groups in total. The number of nitrogens with zero attached hydrogens (tertiary/aromatic N) is 2. The van der Waals surface area contributed by atoms with E-state index in [0.29, 0.717) is 17.2 Å². The number of nitrogens with one attached hydrogen (secondary N) is 2. The predicted octanol–water partition coefficient (Wildman–Crippen LogP) is 2.55. The van der Waals surface area contributed by atoms with Crippen LogP contribution in [0.2, 0.25) is 0 Å². The number of fused-ring (bicyclic) bond motifs is 1. The zero-order valence-electron chi connectivity index (χ0n) is 10.6. The molecule has 0 saturated heterocycles. The number of rotatable bonds is 3. The van der Waals surface area contributed by atoms with Gasteiger partial charge in [0.15, 0.2) is 5.76 Å². The molecule has 7 heteroatoms. The molecule has 0 fully saturated rings. The summed E-state index contributed by atoms with van der Waals surface area (Å²) >= 11 is 3.41. The van der Waals surface area contributed by atoms with Crippen molar-refractivity contribution in [2.75, 3.05) is 0 Å². The highest BCUT2D eigenvalue weighted by Crippen LogP contribution is 2.27. The number of hydrogen-bond acceptors (Lipinski definition) is 4. The molecular formula is C13H11BrN4O2. The fourth-order valence-corrected chi connectivity index (χ4v) is 2.33. The molecule has 102 valence electrons. The first-order valence-corrected chi connectivity index (χ1v) is 6.75. The van der Waals surface area contributed by atoms with Gasteiger partial charge in [-0.05, 0) is 25.1 Å². The van der Waals surface area contributed by atoms with Crippen molar-refractivity contribution in [3.05, 3.63) is 46.1 Å². The number of furan rings is 1. The average Bonchev–Trinajstić information content (AvgIpc) is 3.05. The van der Waals surface area contributed by atoms with E-state index in [0.717, 1.165) is 15.4 Å². The van der Waals surface area contributed by atoms with Crippen LogP contribution < -0.4 is 5.32 Å². The van der Waals surface area contributed by atoms with Gasteiger partial charge >= 0.3 is 0 Å². The summed E-state index contributed by atoms with van der Waals surface area (Å²) < 4.78 is 6.55. The molecule has 0 saturated carbocycles. The van der Waals surface area contributed by atoms with E-state index < -0.39 is 0 Å². The molecular weight excluding hydrogens is 324 g/mol. The van der Waals surface area contributed by atoms with Gasteiger partial charge in [-0.2, -0.15) is 5.10 Å². The summed E-state index contributed by atoms with van der Waals surface area (Å²) in [5, 5.41) is 10.1. The van der Waals surface area contributed by atoms with E-state index in [2.05, 4.69) is 36.4 Å². The SMILES string of the molecule is Cc1c(C(=O)NCc2ncn[nH]2)oc2ccc(Br)cc12. The van der Waals surface area contributed by atoms with Gasteiger partial charge < -0.3 is 9.73 Å². The summed E-state index contributed by atoms with van der Waals surface area (Å²) in [6, 6.07) is 5.64. The highest BCUT2D eigenvalue weighted by atomic mass is 79.9. The molecule has 0 unspecified atom stereocenters. The monoisotopic (exact) mass is 334 g/mol. The fraction of sp³-hybridized carbons (Fsp3) is 0.154. The molecule has 2 aromatic heterocycles. The normalized spacial score (nSPS) is 10.9. The third kappa shape index (κ3) is 2.32. The van der Waals surface area contributed by atoms with Crippen molar-refractivity contribution in [1.82, 2.24) is 20.5 Å². The number of benzene rings is 1. The standard InChI is InChI=1S/C13H11BrN4O2/c1-7-9-4-8(14)2-3-10(9)20-12(7)13(19)15-5-11-16-6-17-18-11/h2-4,6H,5H2,1H3,(H,15,19)(H,16,17,18).